The first-order chi connectivity index (χ1) is 5.11. The molecule has 1 heterocycles. The van der Waals surface area contributed by atoms with Gasteiger partial charge in [-0.15, -0.1) is 5.10 Å². The summed E-state index contributed by atoms with van der Waals surface area (Å²) < 4.78 is 0.643. The molecule has 0 amide bonds. The number of hydrogen-bond donors (Lipinski definition) is 3. The van der Waals surface area contributed by atoms with Crippen molar-refractivity contribution in [2.24, 2.45) is 0 Å². The van der Waals surface area contributed by atoms with Crippen LogP contribution in [-0.4, -0.2) is 21.4 Å². The molecule has 0 bridgehead atoms. The van der Waals surface area contributed by atoms with Crippen molar-refractivity contribution >= 4 is 33.4 Å². The van der Waals surface area contributed by atoms with Crippen molar-refractivity contribution in [1.29, 1.82) is 0 Å². The lowest BCUT2D eigenvalue weighted by Gasteiger charge is -1.96. The van der Waals surface area contributed by atoms with Crippen LogP contribution in [0.4, 0.5) is 0 Å². The minimum Gasteiger partial charge on any atom is -0.393 e. The summed E-state index contributed by atoms with van der Waals surface area (Å²) in [7, 11) is -0.371. The largest absolute Gasteiger partial charge is 0.393 e. The highest BCUT2D eigenvalue weighted by Gasteiger charge is 2.13. The van der Waals surface area contributed by atoms with Crippen LogP contribution in [0, 0.1) is 3.95 Å². The Kier molecular flexibility index (Phi) is 3.06. The Morgan fingerprint density at radius 1 is 1.91 bits per heavy atom. The Morgan fingerprint density at radius 2 is 2.55 bits per heavy atom. The fraction of sp³-hybridized carbons (Fsp3) is 0.600. The second-order valence-electron chi connectivity index (χ2n) is 2.24. The van der Waals surface area contributed by atoms with E-state index >= 15 is 0 Å². The predicted octanol–water partition coefficient (Wildman–Crippen LogP) is 1.50. The first-order valence-electron chi connectivity index (χ1n) is 3.09. The Labute approximate surface area is 77.3 Å². The standard InChI is InChI=1S/C5H8N2OS3/c1-3(8)2-4-6-7-5(9)11(4)10/h3,8,10H,2H2,1H3/p+1. The number of aromatic amines is 1. The number of nitrogens with zero attached hydrogens (tertiary/aromatic N) is 1. The van der Waals surface area contributed by atoms with Crippen molar-refractivity contribution in [1.82, 2.24) is 10.2 Å². The van der Waals surface area contributed by atoms with E-state index < -0.39 is 0 Å². The summed E-state index contributed by atoms with van der Waals surface area (Å²) in [6.07, 6.45) is 0.165. The number of aliphatic hydroxyl groups excluding tert-OH is 1. The molecule has 2 unspecified atom stereocenters. The number of hydrogen-bond acceptors (Lipinski definition) is 4. The molecule has 0 saturated heterocycles. The zero-order valence-electron chi connectivity index (χ0n) is 5.94. The topological polar surface area (TPSA) is 48.9 Å². The van der Waals surface area contributed by atoms with E-state index in [-0.39, 0.29) is 15.6 Å². The summed E-state index contributed by atoms with van der Waals surface area (Å²) in [4.78, 5) is 0. The number of rotatable bonds is 2. The summed E-state index contributed by atoms with van der Waals surface area (Å²) >= 11 is 9.14. The molecular weight excluding hydrogens is 200 g/mol. The van der Waals surface area contributed by atoms with Crippen molar-refractivity contribution in [2.45, 2.75) is 19.4 Å². The lowest BCUT2D eigenvalue weighted by Crippen LogP contribution is -2.03. The Hall–Kier alpha value is 0.0900. The predicted molar refractivity (Wildman–Crippen MR) is 51.7 cm³/mol. The van der Waals surface area contributed by atoms with Gasteiger partial charge < -0.3 is 5.11 Å². The average molecular weight is 209 g/mol. The molecule has 2 N–H and O–H groups in total. The van der Waals surface area contributed by atoms with E-state index in [0.717, 1.165) is 5.01 Å². The molecule has 2 atom stereocenters. The molecule has 1 aromatic rings. The number of nitrogens with one attached hydrogen (secondary N) is 1. The van der Waals surface area contributed by atoms with E-state index in [1.807, 2.05) is 0 Å². The highest BCUT2D eigenvalue weighted by Crippen LogP contribution is 2.27. The zero-order chi connectivity index (χ0) is 8.43. The SMILES string of the molecule is CC(O)Cc1n[nH]c(=S)[s+]1S. The first-order valence-corrected chi connectivity index (χ1v) is 5.77. The third-order valence-corrected chi connectivity index (χ3v) is 4.43. The van der Waals surface area contributed by atoms with Gasteiger partial charge in [0, 0.05) is 27.6 Å². The molecule has 0 aromatic carbocycles. The van der Waals surface area contributed by atoms with E-state index in [4.69, 9.17) is 17.3 Å². The molecular formula is C5H9N2OS3+. The summed E-state index contributed by atoms with van der Waals surface area (Å²) in [5.74, 6) is 0. The van der Waals surface area contributed by atoms with Crippen molar-refractivity contribution in [2.75, 3.05) is 0 Å². The fourth-order valence-corrected chi connectivity index (χ4v) is 2.36. The molecule has 0 aliphatic heterocycles. The molecule has 0 saturated carbocycles. The van der Waals surface area contributed by atoms with Gasteiger partial charge in [-0.25, -0.2) is 5.10 Å². The highest BCUT2D eigenvalue weighted by atomic mass is 33.1. The van der Waals surface area contributed by atoms with Crippen LogP contribution in [0.15, 0.2) is 0 Å². The van der Waals surface area contributed by atoms with Gasteiger partial charge in [0.2, 0.25) is 0 Å². The van der Waals surface area contributed by atoms with E-state index in [1.54, 1.807) is 6.92 Å². The maximum absolute atomic E-state index is 9.04. The molecule has 0 radical (unpaired) electrons. The van der Waals surface area contributed by atoms with E-state index in [1.165, 1.54) is 0 Å². The summed E-state index contributed by atoms with van der Waals surface area (Å²) in [6.45, 7) is 1.72. The average Bonchev–Trinajstić information content (AvgIpc) is 2.18. The maximum Gasteiger partial charge on any atom is 0.384 e. The van der Waals surface area contributed by atoms with Gasteiger partial charge in [-0.3, -0.25) is 0 Å². The molecule has 62 valence electrons. The van der Waals surface area contributed by atoms with Crippen molar-refractivity contribution in [3.05, 3.63) is 8.96 Å². The molecule has 1 rings (SSSR count). The second-order valence-corrected chi connectivity index (χ2v) is 5.45. The fourth-order valence-electron chi connectivity index (χ4n) is 0.679. The molecule has 11 heavy (non-hydrogen) atoms. The summed E-state index contributed by atoms with van der Waals surface area (Å²) in [6, 6.07) is 0. The minimum absolute atomic E-state index is 0.371. The summed E-state index contributed by atoms with van der Waals surface area (Å²) in [5.41, 5.74) is 0. The maximum atomic E-state index is 9.04. The number of aromatic nitrogens is 2. The quantitative estimate of drug-likeness (QED) is 0.299. The first kappa shape index (κ1) is 9.18. The lowest BCUT2D eigenvalue weighted by atomic mass is 10.3. The monoisotopic (exact) mass is 209 g/mol. The van der Waals surface area contributed by atoms with Gasteiger partial charge >= 0.3 is 3.95 Å². The minimum atomic E-state index is -0.376. The van der Waals surface area contributed by atoms with Gasteiger partial charge in [0.05, 0.1) is 6.10 Å². The molecule has 3 nitrogen and oxygen atoms in total. The number of aliphatic hydroxyl groups is 1. The van der Waals surface area contributed by atoms with Crippen molar-refractivity contribution < 1.29 is 5.11 Å². The van der Waals surface area contributed by atoms with E-state index in [2.05, 4.69) is 21.9 Å². The third kappa shape index (κ3) is 2.26. The molecule has 6 heteroatoms. The van der Waals surface area contributed by atoms with E-state index in [0.29, 0.717) is 10.4 Å². The normalized spacial score (nSPS) is 15.0. The van der Waals surface area contributed by atoms with Crippen LogP contribution in [0.1, 0.15) is 11.9 Å². The Balaban J connectivity index is 2.87. The van der Waals surface area contributed by atoms with Crippen LogP contribution in [-0.2, 0) is 6.42 Å². The van der Waals surface area contributed by atoms with Crippen LogP contribution >= 0.6 is 33.4 Å². The number of thiol groups is 1. The van der Waals surface area contributed by atoms with Crippen molar-refractivity contribution in [3.63, 3.8) is 0 Å². The van der Waals surface area contributed by atoms with Crippen LogP contribution in [0.5, 0.6) is 0 Å². The van der Waals surface area contributed by atoms with Crippen LogP contribution < -0.4 is 0 Å². The molecule has 0 fully saturated rings. The highest BCUT2D eigenvalue weighted by molar-refractivity contribution is 8.34. The third-order valence-electron chi connectivity index (χ3n) is 1.14. The number of H-pyrrole nitrogens is 1. The van der Waals surface area contributed by atoms with Gasteiger partial charge in [-0.1, -0.05) is 0 Å². The molecule has 1 aromatic heterocycles. The van der Waals surface area contributed by atoms with Gasteiger partial charge in [-0.2, -0.15) is 0 Å². The van der Waals surface area contributed by atoms with E-state index in [9.17, 15) is 0 Å². The molecule has 0 spiro atoms. The summed E-state index contributed by atoms with van der Waals surface area (Å²) in [5, 5.41) is 16.5. The van der Waals surface area contributed by atoms with Crippen LogP contribution in [0.3, 0.4) is 0 Å². The Bertz CT molecular complexity index is 290. The second kappa shape index (κ2) is 3.66. The zero-order valence-corrected chi connectivity index (χ0v) is 8.47. The van der Waals surface area contributed by atoms with Gasteiger partial charge in [0.1, 0.15) is 0 Å². The smallest absolute Gasteiger partial charge is 0.384 e. The van der Waals surface area contributed by atoms with Crippen LogP contribution in [0.25, 0.3) is 0 Å². The van der Waals surface area contributed by atoms with Gasteiger partial charge in [-0.05, 0) is 6.92 Å². The lowest BCUT2D eigenvalue weighted by molar-refractivity contribution is 0.195. The van der Waals surface area contributed by atoms with Gasteiger partial charge in [0.25, 0.3) is 12.2 Å². The van der Waals surface area contributed by atoms with Crippen molar-refractivity contribution in [3.8, 4) is 0 Å². The van der Waals surface area contributed by atoms with Gasteiger partial charge in [0.15, 0.2) is 5.01 Å². The van der Waals surface area contributed by atoms with Crippen LogP contribution in [0.2, 0.25) is 0 Å². The Morgan fingerprint density at radius 3 is 2.91 bits per heavy atom. The molecule has 0 aliphatic rings. The molecule has 0 aliphatic carbocycles.